The molecule has 3 heteroatoms. The zero-order valence-corrected chi connectivity index (χ0v) is 11.7. The summed E-state index contributed by atoms with van der Waals surface area (Å²) < 4.78 is 7.64. The maximum atomic E-state index is 5.32. The molecular weight excluding hydrogens is 224 g/mol. The standard InChI is InChI=1S/C15H22N2O/c1-5-12-7-14-15(16-8-12)11(3)9-17(14)13(6-2)10-18-4/h7-9,13H,5-6,10H2,1-4H3/t13-/m1/s1. The van der Waals surface area contributed by atoms with Gasteiger partial charge in [-0.1, -0.05) is 13.8 Å². The summed E-state index contributed by atoms with van der Waals surface area (Å²) in [5.41, 5.74) is 4.87. The molecule has 0 aliphatic heterocycles. The van der Waals surface area contributed by atoms with Gasteiger partial charge in [-0.25, -0.2) is 0 Å². The molecule has 1 atom stereocenters. The highest BCUT2D eigenvalue weighted by atomic mass is 16.5. The molecule has 0 saturated heterocycles. The lowest BCUT2D eigenvalue weighted by Crippen LogP contribution is -2.12. The Balaban J connectivity index is 2.55. The normalized spacial score (nSPS) is 13.1. The molecule has 0 aliphatic rings. The van der Waals surface area contributed by atoms with Crippen LogP contribution in [-0.2, 0) is 11.2 Å². The molecular formula is C15H22N2O. The third-order valence-corrected chi connectivity index (χ3v) is 3.54. The van der Waals surface area contributed by atoms with Crippen molar-refractivity contribution in [3.05, 3.63) is 29.6 Å². The second-order valence-corrected chi connectivity index (χ2v) is 4.80. The van der Waals surface area contributed by atoms with Crippen LogP contribution in [-0.4, -0.2) is 23.3 Å². The van der Waals surface area contributed by atoms with Crippen LogP contribution < -0.4 is 0 Å². The third-order valence-electron chi connectivity index (χ3n) is 3.54. The number of aromatic nitrogens is 2. The molecule has 3 nitrogen and oxygen atoms in total. The summed E-state index contributed by atoms with van der Waals surface area (Å²) in [6.45, 7) is 7.23. The van der Waals surface area contributed by atoms with Crippen molar-refractivity contribution in [2.45, 2.75) is 39.7 Å². The number of rotatable bonds is 5. The molecule has 0 amide bonds. The van der Waals surface area contributed by atoms with Gasteiger partial charge in [0.2, 0.25) is 0 Å². The van der Waals surface area contributed by atoms with Crippen LogP contribution in [0.15, 0.2) is 18.5 Å². The van der Waals surface area contributed by atoms with Crippen molar-refractivity contribution in [2.75, 3.05) is 13.7 Å². The van der Waals surface area contributed by atoms with Crippen LogP contribution in [0.1, 0.15) is 37.4 Å². The molecule has 2 heterocycles. The van der Waals surface area contributed by atoms with Gasteiger partial charge in [0.15, 0.2) is 0 Å². The molecule has 2 aromatic rings. The second kappa shape index (κ2) is 5.53. The molecule has 0 unspecified atom stereocenters. The molecule has 18 heavy (non-hydrogen) atoms. The highest BCUT2D eigenvalue weighted by molar-refractivity contribution is 5.80. The minimum atomic E-state index is 0.389. The Labute approximate surface area is 109 Å². The van der Waals surface area contributed by atoms with Gasteiger partial charge in [0, 0.05) is 19.5 Å². The van der Waals surface area contributed by atoms with Crippen LogP contribution in [0.4, 0.5) is 0 Å². The SMILES string of the molecule is CCc1cnc2c(C)cn([C@H](CC)COC)c2c1. The van der Waals surface area contributed by atoms with E-state index in [0.29, 0.717) is 6.04 Å². The van der Waals surface area contributed by atoms with Crippen molar-refractivity contribution in [3.8, 4) is 0 Å². The van der Waals surface area contributed by atoms with Crippen LogP contribution >= 0.6 is 0 Å². The maximum Gasteiger partial charge on any atom is 0.0910 e. The van der Waals surface area contributed by atoms with Gasteiger partial charge in [0.05, 0.1) is 23.7 Å². The van der Waals surface area contributed by atoms with E-state index in [2.05, 4.69) is 42.6 Å². The van der Waals surface area contributed by atoms with Gasteiger partial charge in [-0.15, -0.1) is 0 Å². The van der Waals surface area contributed by atoms with Crippen LogP contribution in [0.25, 0.3) is 11.0 Å². The predicted octanol–water partition coefficient (Wildman–Crippen LogP) is 3.50. The van der Waals surface area contributed by atoms with Gasteiger partial charge in [-0.3, -0.25) is 4.98 Å². The van der Waals surface area contributed by atoms with E-state index < -0.39 is 0 Å². The lowest BCUT2D eigenvalue weighted by molar-refractivity contribution is 0.155. The third kappa shape index (κ3) is 2.27. The van der Waals surface area contributed by atoms with Gasteiger partial charge >= 0.3 is 0 Å². The number of nitrogens with zero attached hydrogens (tertiary/aromatic N) is 2. The molecule has 0 bridgehead atoms. The molecule has 0 fully saturated rings. The summed E-state index contributed by atoms with van der Waals surface area (Å²) in [5, 5.41) is 0. The highest BCUT2D eigenvalue weighted by Gasteiger charge is 2.14. The molecule has 0 N–H and O–H groups in total. The van der Waals surface area contributed by atoms with Crippen molar-refractivity contribution < 1.29 is 4.74 Å². The van der Waals surface area contributed by atoms with E-state index >= 15 is 0 Å². The Kier molecular flexibility index (Phi) is 4.02. The van der Waals surface area contributed by atoms with Crippen LogP contribution in [0.5, 0.6) is 0 Å². The van der Waals surface area contributed by atoms with Crippen LogP contribution in [0, 0.1) is 6.92 Å². The number of methoxy groups -OCH3 is 1. The largest absolute Gasteiger partial charge is 0.383 e. The average molecular weight is 246 g/mol. The first-order valence-corrected chi connectivity index (χ1v) is 6.66. The second-order valence-electron chi connectivity index (χ2n) is 4.80. The molecule has 2 rings (SSSR count). The smallest absolute Gasteiger partial charge is 0.0910 e. The average Bonchev–Trinajstić information content (AvgIpc) is 2.72. The number of aryl methyl sites for hydroxylation is 2. The van der Waals surface area contributed by atoms with E-state index in [1.54, 1.807) is 7.11 Å². The summed E-state index contributed by atoms with van der Waals surface area (Å²) >= 11 is 0. The number of ether oxygens (including phenoxy) is 1. The lowest BCUT2D eigenvalue weighted by Gasteiger charge is -2.17. The Morgan fingerprint density at radius 3 is 2.78 bits per heavy atom. The van der Waals surface area contributed by atoms with Crippen molar-refractivity contribution in [1.29, 1.82) is 0 Å². The molecule has 0 saturated carbocycles. The molecule has 0 radical (unpaired) electrons. The van der Waals surface area contributed by atoms with Crippen molar-refractivity contribution in [1.82, 2.24) is 9.55 Å². The quantitative estimate of drug-likeness (QED) is 0.807. The van der Waals surface area contributed by atoms with E-state index in [-0.39, 0.29) is 0 Å². The van der Waals surface area contributed by atoms with Crippen molar-refractivity contribution >= 4 is 11.0 Å². The summed E-state index contributed by atoms with van der Waals surface area (Å²) in [6, 6.07) is 2.65. The number of fused-ring (bicyclic) bond motifs is 1. The summed E-state index contributed by atoms with van der Waals surface area (Å²) in [6.07, 6.45) is 6.27. The first-order chi connectivity index (χ1) is 8.71. The maximum absolute atomic E-state index is 5.32. The van der Waals surface area contributed by atoms with Gasteiger partial charge in [0.25, 0.3) is 0 Å². The van der Waals surface area contributed by atoms with E-state index in [4.69, 9.17) is 4.74 Å². The van der Waals surface area contributed by atoms with Gasteiger partial charge in [0.1, 0.15) is 0 Å². The predicted molar refractivity (Wildman–Crippen MR) is 75.1 cm³/mol. The zero-order chi connectivity index (χ0) is 13.1. The topological polar surface area (TPSA) is 27.1 Å². The molecule has 0 spiro atoms. The number of hydrogen-bond acceptors (Lipinski definition) is 2. The van der Waals surface area contributed by atoms with E-state index in [1.807, 2.05) is 6.20 Å². The minimum Gasteiger partial charge on any atom is -0.383 e. The Hall–Kier alpha value is -1.35. The van der Waals surface area contributed by atoms with Crippen molar-refractivity contribution in [2.24, 2.45) is 0 Å². The van der Waals surface area contributed by atoms with Crippen molar-refractivity contribution in [3.63, 3.8) is 0 Å². The van der Waals surface area contributed by atoms with E-state index in [9.17, 15) is 0 Å². The molecule has 2 aromatic heterocycles. The van der Waals surface area contributed by atoms with Crippen LogP contribution in [0.2, 0.25) is 0 Å². The fourth-order valence-corrected chi connectivity index (χ4v) is 2.42. The summed E-state index contributed by atoms with van der Waals surface area (Å²) in [4.78, 5) is 4.59. The first kappa shape index (κ1) is 13.1. The highest BCUT2D eigenvalue weighted by Crippen LogP contribution is 2.25. The summed E-state index contributed by atoms with van der Waals surface area (Å²) in [5.74, 6) is 0. The minimum absolute atomic E-state index is 0.389. The fraction of sp³-hybridized carbons (Fsp3) is 0.533. The summed E-state index contributed by atoms with van der Waals surface area (Å²) in [7, 11) is 1.76. The van der Waals surface area contributed by atoms with Gasteiger partial charge < -0.3 is 9.30 Å². The van der Waals surface area contributed by atoms with Crippen LogP contribution in [0.3, 0.4) is 0 Å². The Bertz CT molecular complexity index is 531. The van der Waals surface area contributed by atoms with E-state index in [1.165, 1.54) is 16.6 Å². The Morgan fingerprint density at radius 1 is 1.39 bits per heavy atom. The molecule has 0 aliphatic carbocycles. The van der Waals surface area contributed by atoms with Gasteiger partial charge in [-0.2, -0.15) is 0 Å². The number of hydrogen-bond donors (Lipinski definition) is 0. The van der Waals surface area contributed by atoms with E-state index in [0.717, 1.165) is 25.0 Å². The molecule has 98 valence electrons. The molecule has 0 aromatic carbocycles. The van der Waals surface area contributed by atoms with Gasteiger partial charge in [-0.05, 0) is 37.0 Å². The zero-order valence-electron chi connectivity index (χ0n) is 11.7. The number of pyridine rings is 1. The monoisotopic (exact) mass is 246 g/mol. The first-order valence-electron chi connectivity index (χ1n) is 6.66. The fourth-order valence-electron chi connectivity index (χ4n) is 2.42. The Morgan fingerprint density at radius 2 is 2.17 bits per heavy atom. The lowest BCUT2D eigenvalue weighted by atomic mass is 10.2.